The molecule has 1 aliphatic heterocycles. The number of carbonyl (C=O) groups is 1. The molecule has 2 heterocycles. The van der Waals surface area contributed by atoms with Crippen LogP contribution in [0, 0.1) is 0 Å². The van der Waals surface area contributed by atoms with Gasteiger partial charge in [-0.2, -0.15) is 0 Å². The lowest BCUT2D eigenvalue weighted by Crippen LogP contribution is -2.45. The molecule has 29 heavy (non-hydrogen) atoms. The van der Waals surface area contributed by atoms with Crippen molar-refractivity contribution in [1.29, 1.82) is 0 Å². The van der Waals surface area contributed by atoms with Crippen molar-refractivity contribution < 1.29 is 34.3 Å². The van der Waals surface area contributed by atoms with Gasteiger partial charge in [-0.05, 0) is 5.56 Å². The van der Waals surface area contributed by atoms with Gasteiger partial charge in [-0.25, -0.2) is 14.0 Å². The molecule has 4 atom stereocenters. The molecule has 0 aliphatic carbocycles. The SMILES string of the molecule is O=C(O)NCc1ccccc1.O=c1ccn([C@@H]2O[C@H](CO)[C@@H](O)[C@]2(O)F)c(=O)[nH]1. The van der Waals surface area contributed by atoms with Gasteiger partial charge in [-0.1, -0.05) is 30.3 Å². The van der Waals surface area contributed by atoms with Crippen LogP contribution in [0.5, 0.6) is 0 Å². The van der Waals surface area contributed by atoms with E-state index in [1.54, 1.807) is 0 Å². The number of hydrogen-bond acceptors (Lipinski definition) is 7. The summed E-state index contributed by atoms with van der Waals surface area (Å²) >= 11 is 0. The topological polar surface area (TPSA) is 174 Å². The van der Waals surface area contributed by atoms with Gasteiger partial charge in [0.15, 0.2) is 6.23 Å². The highest BCUT2D eigenvalue weighted by molar-refractivity contribution is 5.64. The van der Waals surface area contributed by atoms with Crippen LogP contribution in [-0.4, -0.2) is 60.7 Å². The van der Waals surface area contributed by atoms with Crippen LogP contribution in [0.25, 0.3) is 0 Å². The third-order valence-electron chi connectivity index (χ3n) is 3.99. The summed E-state index contributed by atoms with van der Waals surface area (Å²) in [6.07, 6.45) is -5.30. The van der Waals surface area contributed by atoms with E-state index in [1.807, 2.05) is 35.3 Å². The number of aromatic nitrogens is 2. The number of amides is 1. The summed E-state index contributed by atoms with van der Waals surface area (Å²) in [6, 6.07) is 10.3. The van der Waals surface area contributed by atoms with Crippen molar-refractivity contribution in [3.05, 3.63) is 69.0 Å². The van der Waals surface area contributed by atoms with Crippen LogP contribution in [-0.2, 0) is 11.3 Å². The molecule has 1 aromatic carbocycles. The number of nitrogens with zero attached hydrogens (tertiary/aromatic N) is 1. The van der Waals surface area contributed by atoms with Crippen molar-refractivity contribution >= 4 is 6.09 Å². The van der Waals surface area contributed by atoms with Gasteiger partial charge in [0.1, 0.15) is 12.2 Å². The standard InChI is InChI=1S/C9H11FN2O6.C8H9NO2/c10-9(17)6(15)4(3-13)18-7(9)12-2-1-5(14)11-8(12)16;10-8(11)9-6-7-4-2-1-3-5-7/h1-2,4,6-7,13,15,17H,3H2,(H,11,14,16);1-5,9H,6H2,(H,10,11)/t4-,6-,7-,9-;/m1./s1. The summed E-state index contributed by atoms with van der Waals surface area (Å²) in [4.78, 5) is 34.2. The van der Waals surface area contributed by atoms with Crippen LogP contribution in [0.3, 0.4) is 0 Å². The van der Waals surface area contributed by atoms with Crippen LogP contribution in [0.2, 0.25) is 0 Å². The molecule has 1 aliphatic rings. The number of aromatic amines is 1. The van der Waals surface area contributed by atoms with E-state index in [2.05, 4.69) is 5.32 Å². The highest BCUT2D eigenvalue weighted by Crippen LogP contribution is 2.38. The van der Waals surface area contributed by atoms with Gasteiger partial charge in [0, 0.05) is 18.8 Å². The van der Waals surface area contributed by atoms with E-state index >= 15 is 0 Å². The van der Waals surface area contributed by atoms with Gasteiger partial charge in [0.05, 0.1) is 6.61 Å². The smallest absolute Gasteiger partial charge is 0.404 e. The Labute approximate surface area is 162 Å². The number of halogens is 1. The molecule has 6 N–H and O–H groups in total. The highest BCUT2D eigenvalue weighted by atomic mass is 19.2. The number of ether oxygens (including phenoxy) is 1. The van der Waals surface area contributed by atoms with Gasteiger partial charge in [0.25, 0.3) is 11.4 Å². The van der Waals surface area contributed by atoms with E-state index in [0.29, 0.717) is 11.1 Å². The Morgan fingerprint density at radius 1 is 1.28 bits per heavy atom. The summed E-state index contributed by atoms with van der Waals surface area (Å²) in [5.74, 6) is -3.25. The first kappa shape index (κ1) is 22.2. The summed E-state index contributed by atoms with van der Waals surface area (Å²) in [5, 5.41) is 38.2. The first-order valence-electron chi connectivity index (χ1n) is 8.34. The Morgan fingerprint density at radius 2 is 1.93 bits per heavy atom. The van der Waals surface area contributed by atoms with Crippen molar-refractivity contribution in [2.24, 2.45) is 0 Å². The number of aliphatic hydroxyl groups is 3. The molecule has 1 saturated heterocycles. The van der Waals surface area contributed by atoms with Crippen molar-refractivity contribution in [2.45, 2.75) is 30.8 Å². The predicted octanol–water partition coefficient (Wildman–Crippen LogP) is -1.10. The lowest BCUT2D eigenvalue weighted by atomic mass is 10.1. The van der Waals surface area contributed by atoms with E-state index in [4.69, 9.17) is 14.9 Å². The normalized spacial score (nSPS) is 25.7. The maximum atomic E-state index is 13.9. The highest BCUT2D eigenvalue weighted by Gasteiger charge is 2.57. The zero-order valence-corrected chi connectivity index (χ0v) is 14.9. The van der Waals surface area contributed by atoms with E-state index in [-0.39, 0.29) is 0 Å². The predicted molar refractivity (Wildman–Crippen MR) is 95.7 cm³/mol. The maximum Gasteiger partial charge on any atom is 0.404 e. The summed E-state index contributed by atoms with van der Waals surface area (Å²) in [6.45, 7) is -0.363. The molecule has 12 heteroatoms. The minimum atomic E-state index is -3.25. The quantitative estimate of drug-likeness (QED) is 0.366. The summed E-state index contributed by atoms with van der Waals surface area (Å²) in [5.41, 5.74) is -0.736. The number of carboxylic acid groups (broad SMARTS) is 1. The number of hydrogen-bond donors (Lipinski definition) is 6. The number of aliphatic hydroxyl groups excluding tert-OH is 2. The van der Waals surface area contributed by atoms with Crippen LogP contribution in [0.4, 0.5) is 9.18 Å². The van der Waals surface area contributed by atoms with Crippen molar-refractivity contribution in [2.75, 3.05) is 6.61 Å². The molecule has 0 saturated carbocycles. The fourth-order valence-electron chi connectivity index (χ4n) is 2.53. The Hall–Kier alpha value is -3.06. The van der Waals surface area contributed by atoms with Crippen LogP contribution in [0.1, 0.15) is 11.8 Å². The van der Waals surface area contributed by atoms with E-state index in [9.17, 15) is 29.0 Å². The molecular weight excluding hydrogens is 393 g/mol. The van der Waals surface area contributed by atoms with E-state index in [0.717, 1.165) is 17.8 Å². The van der Waals surface area contributed by atoms with Gasteiger partial charge < -0.3 is 30.5 Å². The number of benzene rings is 1. The molecule has 0 unspecified atom stereocenters. The molecule has 158 valence electrons. The maximum absolute atomic E-state index is 13.9. The van der Waals surface area contributed by atoms with Crippen molar-refractivity contribution in [3.63, 3.8) is 0 Å². The average molecular weight is 413 g/mol. The minimum absolute atomic E-state index is 0.371. The lowest BCUT2D eigenvalue weighted by Gasteiger charge is -2.23. The van der Waals surface area contributed by atoms with Crippen LogP contribution < -0.4 is 16.6 Å². The molecule has 0 bridgehead atoms. The van der Waals surface area contributed by atoms with Gasteiger partial charge in [-0.15, -0.1) is 0 Å². The van der Waals surface area contributed by atoms with Gasteiger partial charge in [0.2, 0.25) is 0 Å². The number of alkyl halides is 1. The van der Waals surface area contributed by atoms with E-state index < -0.39 is 48.2 Å². The molecule has 1 amide bonds. The number of H-pyrrole nitrogens is 1. The monoisotopic (exact) mass is 413 g/mol. The third kappa shape index (κ3) is 5.48. The first-order valence-corrected chi connectivity index (χ1v) is 8.34. The summed E-state index contributed by atoms with van der Waals surface area (Å²) in [7, 11) is 0. The first-order chi connectivity index (χ1) is 13.7. The van der Waals surface area contributed by atoms with E-state index in [1.165, 1.54) is 0 Å². The average Bonchev–Trinajstić information content (AvgIpc) is 2.91. The second-order valence-corrected chi connectivity index (χ2v) is 6.04. The molecule has 11 nitrogen and oxygen atoms in total. The zero-order chi connectivity index (χ0) is 21.6. The third-order valence-corrected chi connectivity index (χ3v) is 3.99. The Bertz CT molecular complexity index is 930. The fraction of sp³-hybridized carbons (Fsp3) is 0.353. The summed E-state index contributed by atoms with van der Waals surface area (Å²) < 4.78 is 19.3. The van der Waals surface area contributed by atoms with Crippen molar-refractivity contribution in [1.82, 2.24) is 14.9 Å². The molecule has 1 aromatic heterocycles. The molecule has 0 radical (unpaired) electrons. The van der Waals surface area contributed by atoms with Crippen molar-refractivity contribution in [3.8, 4) is 0 Å². The Morgan fingerprint density at radius 3 is 2.45 bits per heavy atom. The fourth-order valence-corrected chi connectivity index (χ4v) is 2.53. The molecule has 2 aromatic rings. The zero-order valence-electron chi connectivity index (χ0n) is 14.9. The van der Waals surface area contributed by atoms with Crippen LogP contribution in [0.15, 0.2) is 52.2 Å². The largest absolute Gasteiger partial charge is 0.465 e. The Kier molecular flexibility index (Phi) is 7.23. The molecule has 0 spiro atoms. The lowest BCUT2D eigenvalue weighted by molar-refractivity contribution is -0.197. The minimum Gasteiger partial charge on any atom is -0.465 e. The molecular formula is C17H20FN3O8. The van der Waals surface area contributed by atoms with Gasteiger partial charge in [-0.3, -0.25) is 14.3 Å². The second-order valence-electron chi connectivity index (χ2n) is 6.04. The number of nitrogens with one attached hydrogen (secondary N) is 2. The molecule has 1 fully saturated rings. The molecule has 3 rings (SSSR count). The Balaban J connectivity index is 0.000000234. The second kappa shape index (κ2) is 9.43. The van der Waals surface area contributed by atoms with Crippen LogP contribution >= 0.6 is 0 Å². The van der Waals surface area contributed by atoms with Gasteiger partial charge >= 0.3 is 11.8 Å². The number of rotatable bonds is 4.